The molecule has 0 saturated carbocycles. The summed E-state index contributed by atoms with van der Waals surface area (Å²) in [5, 5.41) is 2.63. The van der Waals surface area contributed by atoms with Gasteiger partial charge < -0.3 is 9.47 Å². The van der Waals surface area contributed by atoms with Crippen LogP contribution in [0.4, 0.5) is 10.5 Å². The molecule has 0 fully saturated rings. The molecule has 24 heavy (non-hydrogen) atoms. The summed E-state index contributed by atoms with van der Waals surface area (Å²) in [7, 11) is 0. The van der Waals surface area contributed by atoms with Gasteiger partial charge in [0, 0.05) is 5.69 Å². The molecular formula is C19H19NO4. The third-order valence-electron chi connectivity index (χ3n) is 3.21. The highest BCUT2D eigenvalue weighted by atomic mass is 16.5. The van der Waals surface area contributed by atoms with Crippen molar-refractivity contribution < 1.29 is 19.1 Å². The molecule has 0 aliphatic heterocycles. The average molecular weight is 325 g/mol. The monoisotopic (exact) mass is 325 g/mol. The molecule has 0 heterocycles. The Morgan fingerprint density at radius 3 is 2.29 bits per heavy atom. The molecule has 5 heteroatoms. The van der Waals surface area contributed by atoms with Crippen LogP contribution in [0.2, 0.25) is 0 Å². The lowest BCUT2D eigenvalue weighted by molar-refractivity contribution is -0.136. The number of amides is 1. The topological polar surface area (TPSA) is 64.6 Å². The van der Waals surface area contributed by atoms with Crippen molar-refractivity contribution in [3.05, 3.63) is 72.3 Å². The molecule has 2 rings (SSSR count). The molecule has 0 spiro atoms. The van der Waals surface area contributed by atoms with Crippen LogP contribution < -0.4 is 5.32 Å². The summed E-state index contributed by atoms with van der Waals surface area (Å²) < 4.78 is 10.0. The van der Waals surface area contributed by atoms with Crippen molar-refractivity contribution in [3.8, 4) is 0 Å². The quantitative estimate of drug-likeness (QED) is 0.644. The normalized spacial score (nSPS) is 9.88. The predicted octanol–water partition coefficient (Wildman–Crippen LogP) is 4.01. The second-order valence-corrected chi connectivity index (χ2v) is 4.96. The van der Waals surface area contributed by atoms with E-state index < -0.39 is 12.1 Å². The van der Waals surface area contributed by atoms with E-state index in [1.54, 1.807) is 31.2 Å². The molecule has 0 aliphatic carbocycles. The molecule has 0 bridgehead atoms. The highest BCUT2D eigenvalue weighted by molar-refractivity contribution is 6.15. The first-order chi connectivity index (χ1) is 11.6. The minimum atomic E-state index is -0.546. The molecule has 0 atom stereocenters. The van der Waals surface area contributed by atoms with Gasteiger partial charge in [-0.25, -0.2) is 9.59 Å². The van der Waals surface area contributed by atoms with Crippen molar-refractivity contribution in [2.75, 3.05) is 11.9 Å². The smallest absolute Gasteiger partial charge is 0.411 e. The number of nitrogens with one attached hydrogen (secondary N) is 1. The third-order valence-corrected chi connectivity index (χ3v) is 3.21. The van der Waals surface area contributed by atoms with Crippen molar-refractivity contribution in [1.29, 1.82) is 0 Å². The van der Waals surface area contributed by atoms with E-state index in [1.807, 2.05) is 30.3 Å². The van der Waals surface area contributed by atoms with Gasteiger partial charge in [0.1, 0.15) is 6.61 Å². The van der Waals surface area contributed by atoms with Crippen molar-refractivity contribution in [1.82, 2.24) is 0 Å². The molecule has 0 unspecified atom stereocenters. The molecule has 2 aromatic carbocycles. The predicted molar refractivity (Wildman–Crippen MR) is 92.4 cm³/mol. The van der Waals surface area contributed by atoms with Gasteiger partial charge in [0.05, 0.1) is 12.2 Å². The van der Waals surface area contributed by atoms with E-state index in [9.17, 15) is 9.59 Å². The Labute approximate surface area is 140 Å². The van der Waals surface area contributed by atoms with Crippen molar-refractivity contribution >= 4 is 23.3 Å². The Hall–Kier alpha value is -3.08. The number of benzene rings is 2. The first-order valence-electron chi connectivity index (χ1n) is 7.54. The molecular weight excluding hydrogens is 306 g/mol. The van der Waals surface area contributed by atoms with Gasteiger partial charge >= 0.3 is 12.1 Å². The summed E-state index contributed by atoms with van der Waals surface area (Å²) in [5.74, 6) is -0.458. The lowest BCUT2D eigenvalue weighted by Crippen LogP contribution is -2.13. The summed E-state index contributed by atoms with van der Waals surface area (Å²) in [4.78, 5) is 23.4. The Bertz CT molecular complexity index is 708. The molecule has 2 aromatic rings. The zero-order chi connectivity index (χ0) is 17.4. The lowest BCUT2D eigenvalue weighted by Gasteiger charge is -2.09. The Morgan fingerprint density at radius 1 is 1.00 bits per heavy atom. The van der Waals surface area contributed by atoms with Crippen LogP contribution >= 0.6 is 0 Å². The number of hydrogen-bond donors (Lipinski definition) is 1. The number of carbonyl (C=O) groups excluding carboxylic acids is 2. The fourth-order valence-electron chi connectivity index (χ4n) is 1.97. The van der Waals surface area contributed by atoms with Crippen LogP contribution in [0.25, 0.3) is 5.57 Å². The van der Waals surface area contributed by atoms with E-state index in [1.165, 1.54) is 0 Å². The SMILES string of the molecule is C=C(C(=O)OCC)c1ccc(NC(=O)OCc2ccccc2)cc1. The number of hydrogen-bond acceptors (Lipinski definition) is 4. The zero-order valence-electron chi connectivity index (χ0n) is 13.5. The van der Waals surface area contributed by atoms with Crippen LogP contribution in [-0.4, -0.2) is 18.7 Å². The number of rotatable bonds is 6. The van der Waals surface area contributed by atoms with Gasteiger partial charge in [-0.1, -0.05) is 49.0 Å². The molecule has 1 N–H and O–H groups in total. The van der Waals surface area contributed by atoms with E-state index in [-0.39, 0.29) is 12.2 Å². The van der Waals surface area contributed by atoms with Gasteiger partial charge in [-0.2, -0.15) is 0 Å². The number of esters is 1. The summed E-state index contributed by atoms with van der Waals surface area (Å²) >= 11 is 0. The number of carbonyl (C=O) groups is 2. The van der Waals surface area contributed by atoms with E-state index in [4.69, 9.17) is 9.47 Å². The van der Waals surface area contributed by atoms with E-state index >= 15 is 0 Å². The maximum atomic E-state index is 11.8. The maximum Gasteiger partial charge on any atom is 0.411 e. The molecule has 0 radical (unpaired) electrons. The molecule has 1 amide bonds. The van der Waals surface area contributed by atoms with Gasteiger partial charge in [0.2, 0.25) is 0 Å². The van der Waals surface area contributed by atoms with Crippen molar-refractivity contribution in [2.45, 2.75) is 13.5 Å². The second-order valence-electron chi connectivity index (χ2n) is 4.96. The van der Waals surface area contributed by atoms with Crippen molar-refractivity contribution in [3.63, 3.8) is 0 Å². The third kappa shape index (κ3) is 4.98. The average Bonchev–Trinajstić information content (AvgIpc) is 2.61. The van der Waals surface area contributed by atoms with E-state index in [0.29, 0.717) is 17.9 Å². The molecule has 124 valence electrons. The van der Waals surface area contributed by atoms with E-state index in [0.717, 1.165) is 5.56 Å². The van der Waals surface area contributed by atoms with Gasteiger partial charge in [-0.3, -0.25) is 5.32 Å². The standard InChI is InChI=1S/C19H19NO4/c1-3-23-18(21)14(2)16-9-11-17(12-10-16)20-19(22)24-13-15-7-5-4-6-8-15/h4-12H,2-3,13H2,1H3,(H,20,22). The van der Waals surface area contributed by atoms with Crippen LogP contribution in [-0.2, 0) is 20.9 Å². The Balaban J connectivity index is 1.88. The minimum absolute atomic E-state index is 0.199. The Kier molecular flexibility index (Phi) is 6.14. The summed E-state index contributed by atoms with van der Waals surface area (Å²) in [6, 6.07) is 16.1. The summed E-state index contributed by atoms with van der Waals surface area (Å²) in [5.41, 5.74) is 2.38. The van der Waals surface area contributed by atoms with Gasteiger partial charge in [0.25, 0.3) is 0 Å². The van der Waals surface area contributed by atoms with Crippen LogP contribution in [0.3, 0.4) is 0 Å². The minimum Gasteiger partial charge on any atom is -0.462 e. The van der Waals surface area contributed by atoms with E-state index in [2.05, 4.69) is 11.9 Å². The molecule has 0 aliphatic rings. The van der Waals surface area contributed by atoms with Gasteiger partial charge in [-0.15, -0.1) is 0 Å². The first-order valence-corrected chi connectivity index (χ1v) is 7.54. The highest BCUT2D eigenvalue weighted by Crippen LogP contribution is 2.17. The largest absolute Gasteiger partial charge is 0.462 e. The zero-order valence-corrected chi connectivity index (χ0v) is 13.5. The fourth-order valence-corrected chi connectivity index (χ4v) is 1.97. The van der Waals surface area contributed by atoms with Crippen LogP contribution in [0.15, 0.2) is 61.2 Å². The summed E-state index contributed by atoms with van der Waals surface area (Å²) in [6.07, 6.45) is -0.546. The van der Waals surface area contributed by atoms with Crippen molar-refractivity contribution in [2.24, 2.45) is 0 Å². The lowest BCUT2D eigenvalue weighted by atomic mass is 10.1. The van der Waals surface area contributed by atoms with Gasteiger partial charge in [-0.05, 0) is 30.2 Å². The van der Waals surface area contributed by atoms with Crippen LogP contribution in [0.5, 0.6) is 0 Å². The Morgan fingerprint density at radius 2 is 1.67 bits per heavy atom. The van der Waals surface area contributed by atoms with Gasteiger partial charge in [0.15, 0.2) is 0 Å². The van der Waals surface area contributed by atoms with Crippen LogP contribution in [0.1, 0.15) is 18.1 Å². The molecule has 0 saturated heterocycles. The first kappa shape index (κ1) is 17.3. The highest BCUT2D eigenvalue weighted by Gasteiger charge is 2.10. The molecule has 5 nitrogen and oxygen atoms in total. The maximum absolute atomic E-state index is 11.8. The number of ether oxygens (including phenoxy) is 2. The number of anilines is 1. The van der Waals surface area contributed by atoms with Crippen LogP contribution in [0, 0.1) is 0 Å². The fraction of sp³-hybridized carbons (Fsp3) is 0.158. The summed E-state index contributed by atoms with van der Waals surface area (Å²) in [6.45, 7) is 5.94. The second kappa shape index (κ2) is 8.53. The molecule has 0 aromatic heterocycles.